The summed E-state index contributed by atoms with van der Waals surface area (Å²) < 4.78 is 11.1. The first-order valence-corrected chi connectivity index (χ1v) is 6.93. The minimum Gasteiger partial charge on any atom is -0.381 e. The maximum Gasteiger partial charge on any atom is 0.0712 e. The van der Waals surface area contributed by atoms with Gasteiger partial charge in [0.15, 0.2) is 0 Å². The van der Waals surface area contributed by atoms with E-state index in [1.807, 2.05) is 0 Å². The van der Waals surface area contributed by atoms with Gasteiger partial charge >= 0.3 is 0 Å². The molecule has 100 valence electrons. The van der Waals surface area contributed by atoms with E-state index in [0.29, 0.717) is 6.10 Å². The predicted molar refractivity (Wildman–Crippen MR) is 68.3 cm³/mol. The Morgan fingerprint density at radius 2 is 2.06 bits per heavy atom. The van der Waals surface area contributed by atoms with Crippen molar-refractivity contribution in [1.29, 1.82) is 0 Å². The number of nitrogens with zero attached hydrogens (tertiary/aromatic N) is 1. The highest BCUT2D eigenvalue weighted by atomic mass is 16.5. The Balaban J connectivity index is 1.57. The molecule has 4 nitrogen and oxygen atoms in total. The van der Waals surface area contributed by atoms with E-state index in [-0.39, 0.29) is 0 Å². The quantitative estimate of drug-likeness (QED) is 0.770. The summed E-state index contributed by atoms with van der Waals surface area (Å²) in [6, 6.07) is 0. The van der Waals surface area contributed by atoms with Crippen LogP contribution in [0.25, 0.3) is 0 Å². The van der Waals surface area contributed by atoms with Gasteiger partial charge in [0.05, 0.1) is 12.7 Å². The molecule has 0 spiro atoms. The van der Waals surface area contributed by atoms with Crippen molar-refractivity contribution in [3.8, 4) is 0 Å². The summed E-state index contributed by atoms with van der Waals surface area (Å²) in [4.78, 5) is 2.45. The molecule has 17 heavy (non-hydrogen) atoms. The van der Waals surface area contributed by atoms with Gasteiger partial charge in [-0.3, -0.25) is 0 Å². The molecule has 0 aromatic rings. The van der Waals surface area contributed by atoms with Gasteiger partial charge < -0.3 is 19.7 Å². The number of morpholine rings is 1. The van der Waals surface area contributed by atoms with Gasteiger partial charge in [0.2, 0.25) is 0 Å². The summed E-state index contributed by atoms with van der Waals surface area (Å²) in [6.07, 6.45) is 4.02. The van der Waals surface area contributed by atoms with Crippen molar-refractivity contribution in [2.24, 2.45) is 5.92 Å². The molecule has 2 aliphatic rings. The zero-order chi connectivity index (χ0) is 11.9. The number of ether oxygens (including phenoxy) is 2. The smallest absolute Gasteiger partial charge is 0.0712 e. The molecule has 0 saturated carbocycles. The van der Waals surface area contributed by atoms with Gasteiger partial charge in [-0.25, -0.2) is 0 Å². The van der Waals surface area contributed by atoms with Crippen LogP contribution in [0.15, 0.2) is 0 Å². The largest absolute Gasteiger partial charge is 0.381 e. The standard InChI is InChI=1S/C13H26N2O2/c1-15(11-12-3-7-16-8-4-12)6-2-13-10-14-5-9-17-13/h12-14H,2-11H2,1H3. The van der Waals surface area contributed by atoms with Crippen molar-refractivity contribution in [2.45, 2.75) is 25.4 Å². The van der Waals surface area contributed by atoms with E-state index in [4.69, 9.17) is 9.47 Å². The molecule has 0 radical (unpaired) electrons. The number of hydrogen-bond acceptors (Lipinski definition) is 4. The third-order valence-electron chi connectivity index (χ3n) is 3.75. The van der Waals surface area contributed by atoms with Crippen molar-refractivity contribution < 1.29 is 9.47 Å². The van der Waals surface area contributed by atoms with Crippen molar-refractivity contribution in [2.75, 3.05) is 53.0 Å². The van der Waals surface area contributed by atoms with Crippen molar-refractivity contribution in [1.82, 2.24) is 10.2 Å². The van der Waals surface area contributed by atoms with E-state index in [1.165, 1.54) is 19.4 Å². The zero-order valence-electron chi connectivity index (χ0n) is 11.0. The summed E-state index contributed by atoms with van der Waals surface area (Å²) >= 11 is 0. The monoisotopic (exact) mass is 242 g/mol. The van der Waals surface area contributed by atoms with Crippen LogP contribution in [0.5, 0.6) is 0 Å². The molecule has 2 rings (SSSR count). The topological polar surface area (TPSA) is 33.7 Å². The van der Waals surface area contributed by atoms with E-state index >= 15 is 0 Å². The lowest BCUT2D eigenvalue weighted by atomic mass is 10.00. The minimum atomic E-state index is 0.417. The van der Waals surface area contributed by atoms with E-state index in [9.17, 15) is 0 Å². The summed E-state index contributed by atoms with van der Waals surface area (Å²) in [5.41, 5.74) is 0. The molecule has 0 aromatic heterocycles. The summed E-state index contributed by atoms with van der Waals surface area (Å²) in [5, 5.41) is 3.38. The van der Waals surface area contributed by atoms with E-state index in [2.05, 4.69) is 17.3 Å². The molecule has 0 amide bonds. The van der Waals surface area contributed by atoms with Gasteiger partial charge in [-0.15, -0.1) is 0 Å². The predicted octanol–water partition coefficient (Wildman–Crippen LogP) is 0.723. The van der Waals surface area contributed by atoms with Gasteiger partial charge in [-0.1, -0.05) is 0 Å². The maximum absolute atomic E-state index is 5.71. The first kappa shape index (κ1) is 13.3. The first-order chi connectivity index (χ1) is 8.34. The van der Waals surface area contributed by atoms with Crippen LogP contribution >= 0.6 is 0 Å². The van der Waals surface area contributed by atoms with Gasteiger partial charge in [-0.2, -0.15) is 0 Å². The van der Waals surface area contributed by atoms with Crippen LogP contribution in [-0.4, -0.2) is 64.1 Å². The van der Waals surface area contributed by atoms with Gasteiger partial charge in [0.1, 0.15) is 0 Å². The molecule has 0 bridgehead atoms. The molecule has 2 aliphatic heterocycles. The fourth-order valence-corrected chi connectivity index (χ4v) is 2.63. The average Bonchev–Trinajstić information content (AvgIpc) is 2.39. The van der Waals surface area contributed by atoms with Crippen LogP contribution in [0.4, 0.5) is 0 Å². The van der Waals surface area contributed by atoms with Crippen LogP contribution < -0.4 is 5.32 Å². The molecule has 0 aromatic carbocycles. The third-order valence-corrected chi connectivity index (χ3v) is 3.75. The van der Waals surface area contributed by atoms with E-state index in [0.717, 1.165) is 51.8 Å². The fraction of sp³-hybridized carbons (Fsp3) is 1.00. The van der Waals surface area contributed by atoms with E-state index in [1.54, 1.807) is 0 Å². The van der Waals surface area contributed by atoms with Crippen molar-refractivity contribution in [3.05, 3.63) is 0 Å². The summed E-state index contributed by atoms with van der Waals surface area (Å²) in [7, 11) is 2.23. The van der Waals surface area contributed by atoms with Crippen LogP contribution in [0, 0.1) is 5.92 Å². The summed E-state index contributed by atoms with van der Waals surface area (Å²) in [5.74, 6) is 0.833. The molecule has 1 atom stereocenters. The van der Waals surface area contributed by atoms with Gasteiger partial charge in [-0.05, 0) is 32.2 Å². The van der Waals surface area contributed by atoms with Gasteiger partial charge in [0.25, 0.3) is 0 Å². The second-order valence-corrected chi connectivity index (χ2v) is 5.30. The highest BCUT2D eigenvalue weighted by Gasteiger charge is 2.17. The fourth-order valence-electron chi connectivity index (χ4n) is 2.63. The highest BCUT2D eigenvalue weighted by molar-refractivity contribution is 4.71. The molecular weight excluding hydrogens is 216 g/mol. The molecule has 1 unspecified atom stereocenters. The first-order valence-electron chi connectivity index (χ1n) is 6.93. The SMILES string of the molecule is CN(CCC1CNCCO1)CC1CCOCC1. The minimum absolute atomic E-state index is 0.417. The Labute approximate surface area is 105 Å². The number of hydrogen-bond donors (Lipinski definition) is 1. The maximum atomic E-state index is 5.71. The van der Waals surface area contributed by atoms with Crippen LogP contribution in [0.1, 0.15) is 19.3 Å². The molecule has 2 saturated heterocycles. The third kappa shape index (κ3) is 4.92. The average molecular weight is 242 g/mol. The Morgan fingerprint density at radius 3 is 2.76 bits per heavy atom. The number of nitrogens with one attached hydrogen (secondary N) is 1. The molecule has 4 heteroatoms. The normalized spacial score (nSPS) is 27.5. The Bertz CT molecular complexity index is 202. The number of rotatable bonds is 5. The molecular formula is C13H26N2O2. The second kappa shape index (κ2) is 7.31. The summed E-state index contributed by atoms with van der Waals surface area (Å²) in [6.45, 7) is 7.16. The lowest BCUT2D eigenvalue weighted by Gasteiger charge is -2.29. The van der Waals surface area contributed by atoms with Gasteiger partial charge in [0, 0.05) is 39.4 Å². The molecule has 0 aliphatic carbocycles. The molecule has 2 heterocycles. The van der Waals surface area contributed by atoms with Crippen LogP contribution in [0.2, 0.25) is 0 Å². The van der Waals surface area contributed by atoms with Crippen LogP contribution in [-0.2, 0) is 9.47 Å². The zero-order valence-corrected chi connectivity index (χ0v) is 11.0. The highest BCUT2D eigenvalue weighted by Crippen LogP contribution is 2.15. The second-order valence-electron chi connectivity index (χ2n) is 5.30. The van der Waals surface area contributed by atoms with Crippen molar-refractivity contribution in [3.63, 3.8) is 0 Å². The van der Waals surface area contributed by atoms with E-state index < -0.39 is 0 Å². The van der Waals surface area contributed by atoms with Crippen molar-refractivity contribution >= 4 is 0 Å². The molecule has 1 N–H and O–H groups in total. The Hall–Kier alpha value is -0.160. The lowest BCUT2D eigenvalue weighted by Crippen LogP contribution is -2.40. The Kier molecular flexibility index (Phi) is 5.71. The lowest BCUT2D eigenvalue weighted by molar-refractivity contribution is 0.0153. The molecule has 2 fully saturated rings. The van der Waals surface area contributed by atoms with Crippen LogP contribution in [0.3, 0.4) is 0 Å². The Morgan fingerprint density at radius 1 is 1.24 bits per heavy atom.